The molecule has 40 heavy (non-hydrogen) atoms. The topological polar surface area (TPSA) is 55.4 Å². The van der Waals surface area contributed by atoms with Gasteiger partial charge in [-0.3, -0.25) is 0 Å². The van der Waals surface area contributed by atoms with Crippen LogP contribution in [0.25, 0.3) is 0 Å². The standard InChI is InChI=1S/C32H66O6S2/c1-33-31(34-2,35-3)27-23-19-15-11-7-9-13-17-21-25-29-39-40-30-26-22-18-14-10-8-12-16-20-24-28-32(36-4,37-5)38-6/h7-30H2,1-6H3. The second kappa shape index (κ2) is 29.5. The van der Waals surface area contributed by atoms with E-state index in [1.807, 2.05) is 0 Å². The van der Waals surface area contributed by atoms with Crippen molar-refractivity contribution in [3.8, 4) is 0 Å². The lowest BCUT2D eigenvalue weighted by molar-refractivity contribution is -0.355. The Kier molecular flexibility index (Phi) is 29.9. The first kappa shape index (κ1) is 40.5. The molecule has 0 aromatic rings. The molecule has 0 spiro atoms. The molecule has 0 aromatic heterocycles. The first-order valence-electron chi connectivity index (χ1n) is 16.1. The van der Waals surface area contributed by atoms with Crippen molar-refractivity contribution in [1.82, 2.24) is 0 Å². The van der Waals surface area contributed by atoms with Crippen molar-refractivity contribution in [2.45, 2.75) is 153 Å². The Hall–Kier alpha value is 0.460. The number of hydrogen-bond acceptors (Lipinski definition) is 8. The van der Waals surface area contributed by atoms with Gasteiger partial charge >= 0.3 is 0 Å². The van der Waals surface area contributed by atoms with Crippen LogP contribution in [0.15, 0.2) is 0 Å². The normalized spacial score (nSPS) is 12.4. The quantitative estimate of drug-likeness (QED) is 0.0413. The van der Waals surface area contributed by atoms with Gasteiger partial charge < -0.3 is 28.4 Å². The molecule has 0 atom stereocenters. The molecule has 0 rings (SSSR count). The number of hydrogen-bond donors (Lipinski definition) is 0. The van der Waals surface area contributed by atoms with Crippen molar-refractivity contribution < 1.29 is 28.4 Å². The SMILES string of the molecule is COC(CCCCCCCCCCCCSSCCCCCCCCCCCCC(OC)(OC)OC)(OC)OC. The maximum Gasteiger partial charge on any atom is 0.282 e. The zero-order chi connectivity index (χ0) is 29.6. The minimum Gasteiger partial charge on any atom is -0.331 e. The summed E-state index contributed by atoms with van der Waals surface area (Å²) >= 11 is 0. The minimum absolute atomic E-state index is 0.789. The van der Waals surface area contributed by atoms with Crippen molar-refractivity contribution in [3.63, 3.8) is 0 Å². The van der Waals surface area contributed by atoms with Crippen LogP contribution >= 0.6 is 21.6 Å². The van der Waals surface area contributed by atoms with E-state index in [9.17, 15) is 0 Å². The van der Waals surface area contributed by atoms with E-state index in [0.29, 0.717) is 0 Å². The summed E-state index contributed by atoms with van der Waals surface area (Å²) in [6, 6.07) is 0. The predicted molar refractivity (Wildman–Crippen MR) is 174 cm³/mol. The lowest BCUT2D eigenvalue weighted by Crippen LogP contribution is -2.35. The molecule has 0 fully saturated rings. The van der Waals surface area contributed by atoms with E-state index in [-0.39, 0.29) is 0 Å². The Morgan fingerprint density at radius 3 is 0.725 bits per heavy atom. The zero-order valence-corrected chi connectivity index (χ0v) is 28.9. The van der Waals surface area contributed by atoms with Crippen LogP contribution in [0.5, 0.6) is 0 Å². The van der Waals surface area contributed by atoms with Crippen LogP contribution in [0.1, 0.15) is 141 Å². The van der Waals surface area contributed by atoms with Crippen LogP contribution in [0.3, 0.4) is 0 Å². The average molecular weight is 611 g/mol. The largest absolute Gasteiger partial charge is 0.331 e. The summed E-state index contributed by atoms with van der Waals surface area (Å²) < 4.78 is 32.1. The maximum absolute atomic E-state index is 5.35. The molecule has 0 saturated carbocycles. The van der Waals surface area contributed by atoms with E-state index in [4.69, 9.17) is 28.4 Å². The van der Waals surface area contributed by atoms with Crippen molar-refractivity contribution >= 4 is 21.6 Å². The van der Waals surface area contributed by atoms with Crippen LogP contribution in [0.4, 0.5) is 0 Å². The Morgan fingerprint density at radius 1 is 0.300 bits per heavy atom. The van der Waals surface area contributed by atoms with Gasteiger partial charge in [-0.25, -0.2) is 0 Å². The summed E-state index contributed by atoms with van der Waals surface area (Å²) in [5.41, 5.74) is 0. The van der Waals surface area contributed by atoms with Crippen molar-refractivity contribution in [2.75, 3.05) is 54.2 Å². The fourth-order valence-electron chi connectivity index (χ4n) is 5.06. The second-order valence-corrected chi connectivity index (χ2v) is 13.5. The third kappa shape index (κ3) is 22.1. The van der Waals surface area contributed by atoms with Crippen molar-refractivity contribution in [3.05, 3.63) is 0 Å². The molecule has 0 aliphatic carbocycles. The van der Waals surface area contributed by atoms with Crippen LogP contribution in [-0.2, 0) is 28.4 Å². The molecule has 0 aliphatic heterocycles. The highest BCUT2D eigenvalue weighted by molar-refractivity contribution is 8.76. The fourth-order valence-corrected chi connectivity index (χ4v) is 7.36. The average Bonchev–Trinajstić information content (AvgIpc) is 2.99. The van der Waals surface area contributed by atoms with E-state index in [1.54, 1.807) is 42.7 Å². The summed E-state index contributed by atoms with van der Waals surface area (Å²) in [6.07, 6.45) is 28.1. The summed E-state index contributed by atoms with van der Waals surface area (Å²) in [4.78, 5) is 0. The van der Waals surface area contributed by atoms with E-state index in [1.165, 1.54) is 127 Å². The third-order valence-corrected chi connectivity index (χ3v) is 10.4. The highest BCUT2D eigenvalue weighted by atomic mass is 33.1. The van der Waals surface area contributed by atoms with E-state index >= 15 is 0 Å². The van der Waals surface area contributed by atoms with Gasteiger partial charge in [-0.15, -0.1) is 0 Å². The van der Waals surface area contributed by atoms with Gasteiger partial charge in [0.1, 0.15) is 0 Å². The molecule has 0 saturated heterocycles. The van der Waals surface area contributed by atoms with Gasteiger partial charge in [-0.1, -0.05) is 124 Å². The van der Waals surface area contributed by atoms with Gasteiger partial charge in [0, 0.05) is 67.0 Å². The monoisotopic (exact) mass is 610 g/mol. The summed E-state index contributed by atoms with van der Waals surface area (Å²) in [6.45, 7) is 0. The highest BCUT2D eigenvalue weighted by Crippen LogP contribution is 2.26. The van der Waals surface area contributed by atoms with Crippen LogP contribution < -0.4 is 0 Å². The van der Waals surface area contributed by atoms with Crippen LogP contribution in [-0.4, -0.2) is 66.1 Å². The molecule has 0 unspecified atom stereocenters. The molecule has 0 aromatic carbocycles. The molecular formula is C32H66O6S2. The number of ether oxygens (including phenoxy) is 6. The summed E-state index contributed by atoms with van der Waals surface area (Å²) in [5, 5.41) is 0. The molecule has 0 radical (unpaired) electrons. The molecule has 0 heterocycles. The van der Waals surface area contributed by atoms with Gasteiger partial charge in [-0.2, -0.15) is 0 Å². The summed E-state index contributed by atoms with van der Waals surface area (Å²) in [5.74, 6) is 0.932. The molecular weight excluding hydrogens is 544 g/mol. The molecule has 0 N–H and O–H groups in total. The van der Waals surface area contributed by atoms with E-state index in [2.05, 4.69) is 21.6 Å². The van der Waals surface area contributed by atoms with Crippen LogP contribution in [0.2, 0.25) is 0 Å². The lowest BCUT2D eigenvalue weighted by atomic mass is 10.1. The van der Waals surface area contributed by atoms with Crippen molar-refractivity contribution in [1.29, 1.82) is 0 Å². The van der Waals surface area contributed by atoms with Gasteiger partial charge in [0.25, 0.3) is 11.9 Å². The van der Waals surface area contributed by atoms with E-state index in [0.717, 1.165) is 25.7 Å². The van der Waals surface area contributed by atoms with Crippen LogP contribution in [0, 0.1) is 0 Å². The molecule has 0 amide bonds. The van der Waals surface area contributed by atoms with Gasteiger partial charge in [0.2, 0.25) is 0 Å². The first-order valence-corrected chi connectivity index (χ1v) is 18.6. The van der Waals surface area contributed by atoms with Gasteiger partial charge in [0.15, 0.2) is 0 Å². The second-order valence-electron chi connectivity index (χ2n) is 10.8. The Balaban J connectivity index is 3.24. The van der Waals surface area contributed by atoms with E-state index < -0.39 is 11.9 Å². The number of rotatable bonds is 33. The predicted octanol–water partition coefficient (Wildman–Crippen LogP) is 10.1. The Morgan fingerprint density at radius 2 is 0.500 bits per heavy atom. The van der Waals surface area contributed by atoms with Gasteiger partial charge in [-0.05, 0) is 25.7 Å². The third-order valence-electron chi connectivity index (χ3n) is 7.87. The zero-order valence-electron chi connectivity index (χ0n) is 27.2. The molecule has 242 valence electrons. The number of methoxy groups -OCH3 is 6. The number of unbranched alkanes of at least 4 members (excludes halogenated alkanes) is 18. The fraction of sp³-hybridized carbons (Fsp3) is 1.00. The Labute approximate surface area is 256 Å². The first-order chi connectivity index (χ1) is 19.6. The lowest BCUT2D eigenvalue weighted by Gasteiger charge is -2.28. The molecule has 0 bridgehead atoms. The highest BCUT2D eigenvalue weighted by Gasteiger charge is 2.29. The van der Waals surface area contributed by atoms with Gasteiger partial charge in [0.05, 0.1) is 0 Å². The Bertz CT molecular complexity index is 443. The minimum atomic E-state index is -0.853. The molecule has 0 aliphatic rings. The smallest absolute Gasteiger partial charge is 0.282 e. The maximum atomic E-state index is 5.35. The molecule has 6 nitrogen and oxygen atoms in total. The summed E-state index contributed by atoms with van der Waals surface area (Å²) in [7, 11) is 14.0. The van der Waals surface area contributed by atoms with Crippen molar-refractivity contribution in [2.24, 2.45) is 0 Å². The molecule has 8 heteroatoms.